The van der Waals surface area contributed by atoms with E-state index in [0.29, 0.717) is 12.5 Å². The molecular weight excluding hydrogens is 336 g/mol. The first-order chi connectivity index (χ1) is 11.7. The van der Waals surface area contributed by atoms with Crippen LogP contribution in [0.3, 0.4) is 0 Å². The van der Waals surface area contributed by atoms with Gasteiger partial charge in [-0.1, -0.05) is 32.0 Å². The van der Waals surface area contributed by atoms with Gasteiger partial charge in [-0.2, -0.15) is 0 Å². The van der Waals surface area contributed by atoms with Crippen molar-refractivity contribution in [2.75, 3.05) is 13.7 Å². The minimum atomic E-state index is 0.540. The number of aromatic nitrogens is 1. The van der Waals surface area contributed by atoms with Gasteiger partial charge >= 0.3 is 0 Å². The molecule has 0 amide bonds. The highest BCUT2D eigenvalue weighted by molar-refractivity contribution is 7.14. The highest BCUT2D eigenvalue weighted by atomic mass is 32.1. The average Bonchev–Trinajstić information content (AvgIpc) is 3.23. The lowest BCUT2D eigenvalue weighted by atomic mass is 10.0. The largest absolute Gasteiger partial charge is 0.383 e. The molecule has 0 saturated carbocycles. The molecule has 3 aromatic rings. The van der Waals surface area contributed by atoms with Gasteiger partial charge in [-0.25, -0.2) is 4.99 Å². The van der Waals surface area contributed by atoms with Crippen LogP contribution in [0.2, 0.25) is 0 Å². The van der Waals surface area contributed by atoms with Crippen LogP contribution in [0.25, 0.3) is 10.6 Å². The molecule has 5 heteroatoms. The van der Waals surface area contributed by atoms with Gasteiger partial charge in [0.1, 0.15) is 0 Å². The predicted octanol–water partition coefficient (Wildman–Crippen LogP) is 5.28. The van der Waals surface area contributed by atoms with Crippen molar-refractivity contribution in [2.24, 2.45) is 4.99 Å². The summed E-state index contributed by atoms with van der Waals surface area (Å²) in [4.78, 5) is 7.13. The average molecular weight is 359 g/mol. The second-order valence-corrected chi connectivity index (χ2v) is 7.67. The minimum Gasteiger partial charge on any atom is -0.383 e. The molecule has 2 heterocycles. The molecule has 3 nitrogen and oxygen atoms in total. The fraction of sp³-hybridized carbons (Fsp3) is 0.316. The van der Waals surface area contributed by atoms with Gasteiger partial charge in [0.05, 0.1) is 22.9 Å². The topological polar surface area (TPSA) is 26.5 Å². The van der Waals surface area contributed by atoms with E-state index in [0.717, 1.165) is 17.0 Å². The van der Waals surface area contributed by atoms with Crippen LogP contribution in [0, 0.1) is 0 Å². The maximum atomic E-state index is 5.28. The smallest absolute Gasteiger partial charge is 0.190 e. The van der Waals surface area contributed by atoms with E-state index in [1.807, 2.05) is 0 Å². The molecule has 0 aliphatic heterocycles. The zero-order valence-corrected chi connectivity index (χ0v) is 15.9. The maximum Gasteiger partial charge on any atom is 0.190 e. The highest BCUT2D eigenvalue weighted by Crippen LogP contribution is 2.25. The Morgan fingerprint density at radius 3 is 2.54 bits per heavy atom. The van der Waals surface area contributed by atoms with Gasteiger partial charge < -0.3 is 9.30 Å². The van der Waals surface area contributed by atoms with Crippen LogP contribution in [0.4, 0.5) is 5.69 Å². The van der Waals surface area contributed by atoms with Crippen LogP contribution in [0.1, 0.15) is 25.3 Å². The van der Waals surface area contributed by atoms with Crippen LogP contribution in [-0.4, -0.2) is 18.3 Å². The van der Waals surface area contributed by atoms with Crippen LogP contribution >= 0.6 is 22.7 Å². The van der Waals surface area contributed by atoms with Crippen molar-refractivity contribution in [3.05, 3.63) is 57.5 Å². The summed E-state index contributed by atoms with van der Waals surface area (Å²) in [5.41, 5.74) is 3.54. The molecule has 0 fully saturated rings. The summed E-state index contributed by atoms with van der Waals surface area (Å²) in [5.74, 6) is 0.540. The van der Waals surface area contributed by atoms with E-state index in [2.05, 4.69) is 65.6 Å². The molecule has 0 aliphatic rings. The van der Waals surface area contributed by atoms with E-state index in [4.69, 9.17) is 9.73 Å². The number of ether oxygens (including phenoxy) is 1. The zero-order chi connectivity index (χ0) is 16.9. The molecular formula is C19H22N2OS2. The number of benzene rings is 1. The Hall–Kier alpha value is -1.69. The number of thiazole rings is 1. The summed E-state index contributed by atoms with van der Waals surface area (Å²) >= 11 is 3.43. The summed E-state index contributed by atoms with van der Waals surface area (Å²) in [6.45, 7) is 5.89. The zero-order valence-electron chi connectivity index (χ0n) is 14.2. The molecule has 0 saturated heterocycles. The number of thiophene rings is 1. The molecule has 0 unspecified atom stereocenters. The van der Waals surface area contributed by atoms with Crippen molar-refractivity contribution < 1.29 is 4.74 Å². The van der Waals surface area contributed by atoms with Gasteiger partial charge in [0.2, 0.25) is 0 Å². The van der Waals surface area contributed by atoms with Crippen molar-refractivity contribution in [2.45, 2.75) is 26.3 Å². The predicted molar refractivity (Wildman–Crippen MR) is 103 cm³/mol. The first-order valence-electron chi connectivity index (χ1n) is 8.05. The molecule has 126 valence electrons. The van der Waals surface area contributed by atoms with Gasteiger partial charge in [-0.15, -0.1) is 22.7 Å². The minimum absolute atomic E-state index is 0.540. The second-order valence-electron chi connectivity index (χ2n) is 5.88. The molecule has 24 heavy (non-hydrogen) atoms. The van der Waals surface area contributed by atoms with E-state index in [9.17, 15) is 0 Å². The molecule has 0 N–H and O–H groups in total. The lowest BCUT2D eigenvalue weighted by molar-refractivity contribution is 0.187. The number of nitrogens with zero attached hydrogens (tertiary/aromatic N) is 2. The van der Waals surface area contributed by atoms with Crippen molar-refractivity contribution in [3.63, 3.8) is 0 Å². The maximum absolute atomic E-state index is 5.28. The van der Waals surface area contributed by atoms with E-state index in [-0.39, 0.29) is 0 Å². The summed E-state index contributed by atoms with van der Waals surface area (Å²) in [6.07, 6.45) is 0. The number of rotatable bonds is 6. The van der Waals surface area contributed by atoms with Gasteiger partial charge in [-0.05, 0) is 35.1 Å². The van der Waals surface area contributed by atoms with Crippen LogP contribution < -0.4 is 4.80 Å². The molecule has 0 radical (unpaired) electrons. The third-order valence-electron chi connectivity index (χ3n) is 3.87. The van der Waals surface area contributed by atoms with E-state index >= 15 is 0 Å². The lowest BCUT2D eigenvalue weighted by Crippen LogP contribution is -2.18. The lowest BCUT2D eigenvalue weighted by Gasteiger charge is -2.07. The molecule has 0 spiro atoms. The standard InChI is InChI=1S/C19H22N2OS2/c1-14(2)15-6-8-16(9-7-15)20-19-21(10-11-22-3)17(13-24-19)18-5-4-12-23-18/h4-9,12-14H,10-11H2,1-3H3. The SMILES string of the molecule is COCCn1c(-c2cccs2)csc1=Nc1ccc(C(C)C)cc1. The molecule has 3 rings (SSSR count). The van der Waals surface area contributed by atoms with Gasteiger partial charge in [-0.3, -0.25) is 0 Å². The Balaban J connectivity index is 2.00. The van der Waals surface area contributed by atoms with Gasteiger partial charge in [0.15, 0.2) is 4.80 Å². The molecule has 0 aliphatic carbocycles. The number of hydrogen-bond donors (Lipinski definition) is 0. The Morgan fingerprint density at radius 2 is 1.92 bits per heavy atom. The molecule has 0 atom stereocenters. The van der Waals surface area contributed by atoms with E-state index < -0.39 is 0 Å². The molecule has 2 aromatic heterocycles. The molecule has 0 bridgehead atoms. The van der Waals surface area contributed by atoms with Gasteiger partial charge in [0, 0.05) is 19.0 Å². The van der Waals surface area contributed by atoms with Crippen LogP contribution in [-0.2, 0) is 11.3 Å². The monoisotopic (exact) mass is 358 g/mol. The third-order valence-corrected chi connectivity index (χ3v) is 5.63. The number of methoxy groups -OCH3 is 1. The third kappa shape index (κ3) is 3.86. The summed E-state index contributed by atoms with van der Waals surface area (Å²) in [7, 11) is 1.74. The number of hydrogen-bond acceptors (Lipinski definition) is 4. The summed E-state index contributed by atoms with van der Waals surface area (Å²) in [6, 6.07) is 12.8. The normalized spacial score (nSPS) is 12.2. The second kappa shape index (κ2) is 7.92. The first-order valence-corrected chi connectivity index (χ1v) is 9.81. The van der Waals surface area contributed by atoms with Crippen molar-refractivity contribution in [1.29, 1.82) is 0 Å². The van der Waals surface area contributed by atoms with Crippen molar-refractivity contribution in [1.82, 2.24) is 4.57 Å². The Morgan fingerprint density at radius 1 is 1.12 bits per heavy atom. The van der Waals surface area contributed by atoms with E-state index in [1.54, 1.807) is 29.8 Å². The Labute approximate surface area is 150 Å². The highest BCUT2D eigenvalue weighted by Gasteiger charge is 2.09. The first kappa shape index (κ1) is 17.1. The van der Waals surface area contributed by atoms with Crippen LogP contribution in [0.15, 0.2) is 52.2 Å². The molecule has 1 aromatic carbocycles. The quantitative estimate of drug-likeness (QED) is 0.589. The van der Waals surface area contributed by atoms with Crippen molar-refractivity contribution in [3.8, 4) is 10.6 Å². The van der Waals surface area contributed by atoms with Crippen LogP contribution in [0.5, 0.6) is 0 Å². The van der Waals surface area contributed by atoms with Crippen molar-refractivity contribution >= 4 is 28.4 Å². The van der Waals surface area contributed by atoms with E-state index in [1.165, 1.54) is 16.1 Å². The summed E-state index contributed by atoms with van der Waals surface area (Å²) < 4.78 is 7.53. The fourth-order valence-corrected chi connectivity index (χ4v) is 4.26. The summed E-state index contributed by atoms with van der Waals surface area (Å²) in [5, 5.41) is 4.29. The Kier molecular flexibility index (Phi) is 5.66. The fourth-order valence-electron chi connectivity index (χ4n) is 2.48. The van der Waals surface area contributed by atoms with Gasteiger partial charge in [0.25, 0.3) is 0 Å². The Bertz CT molecular complexity index is 827.